The van der Waals surface area contributed by atoms with Gasteiger partial charge in [-0.2, -0.15) is 0 Å². The fourth-order valence-electron chi connectivity index (χ4n) is 2.68. The van der Waals surface area contributed by atoms with Crippen LogP contribution in [0.5, 0.6) is 0 Å². The predicted molar refractivity (Wildman–Crippen MR) is 89.8 cm³/mol. The molecule has 0 unspecified atom stereocenters. The Kier molecular flexibility index (Phi) is 3.89. The molecule has 1 aromatic heterocycles. The third kappa shape index (κ3) is 2.67. The molecule has 9 heteroatoms. The summed E-state index contributed by atoms with van der Waals surface area (Å²) >= 11 is 0. The number of benzene rings is 2. The third-order valence-electron chi connectivity index (χ3n) is 3.78. The Labute approximate surface area is 140 Å². The van der Waals surface area contributed by atoms with E-state index in [-0.39, 0.29) is 11.4 Å². The Morgan fingerprint density at radius 3 is 2.00 bits per heavy atom. The first kappa shape index (κ1) is 16.1. The first-order chi connectivity index (χ1) is 11.9. The minimum absolute atomic E-state index is 0.135. The van der Waals surface area contributed by atoms with Crippen LogP contribution in [0.4, 0.5) is 11.4 Å². The van der Waals surface area contributed by atoms with Crippen molar-refractivity contribution in [1.29, 1.82) is 0 Å². The van der Waals surface area contributed by atoms with Gasteiger partial charge in [-0.15, -0.1) is 0 Å². The quantitative estimate of drug-likeness (QED) is 0.535. The monoisotopic (exact) mass is 340 g/mol. The van der Waals surface area contributed by atoms with Crippen molar-refractivity contribution < 1.29 is 9.85 Å². The fraction of sp³-hybridized carbons (Fsp3) is 0.0625. The summed E-state index contributed by atoms with van der Waals surface area (Å²) in [4.78, 5) is 33.5. The van der Waals surface area contributed by atoms with Gasteiger partial charge in [-0.05, 0) is 12.1 Å². The zero-order valence-electron chi connectivity index (χ0n) is 13.0. The smallest absolute Gasteiger partial charge is 0.273 e. The summed E-state index contributed by atoms with van der Waals surface area (Å²) in [5.41, 5.74) is -0.511. The third-order valence-corrected chi connectivity index (χ3v) is 3.78. The molecule has 126 valence electrons. The molecule has 0 amide bonds. The van der Waals surface area contributed by atoms with Crippen LogP contribution in [0.15, 0.2) is 59.4 Å². The van der Waals surface area contributed by atoms with E-state index in [1.54, 1.807) is 30.3 Å². The second-order valence-electron chi connectivity index (χ2n) is 5.23. The van der Waals surface area contributed by atoms with Crippen LogP contribution < -0.4 is 5.56 Å². The van der Waals surface area contributed by atoms with Crippen molar-refractivity contribution >= 4 is 11.4 Å². The van der Waals surface area contributed by atoms with E-state index in [2.05, 4.69) is 0 Å². The molecule has 9 nitrogen and oxygen atoms in total. The van der Waals surface area contributed by atoms with Gasteiger partial charge in [0.1, 0.15) is 5.69 Å². The van der Waals surface area contributed by atoms with Gasteiger partial charge in [-0.3, -0.25) is 29.7 Å². The minimum Gasteiger partial charge on any atom is -0.273 e. The summed E-state index contributed by atoms with van der Waals surface area (Å²) in [7, 11) is 1.53. The van der Waals surface area contributed by atoms with Crippen LogP contribution in [0.2, 0.25) is 0 Å². The van der Waals surface area contributed by atoms with Crippen molar-refractivity contribution in [1.82, 2.24) is 9.36 Å². The molecule has 0 fully saturated rings. The topological polar surface area (TPSA) is 113 Å². The number of hydrogen-bond acceptors (Lipinski definition) is 5. The average Bonchev–Trinajstić information content (AvgIpc) is 2.86. The lowest BCUT2D eigenvalue weighted by Crippen LogP contribution is -2.20. The number of rotatable bonds is 4. The number of nitro benzene ring substituents is 1. The predicted octanol–water partition coefficient (Wildman–Crippen LogP) is 2.66. The summed E-state index contributed by atoms with van der Waals surface area (Å²) in [6, 6.07) is 13.8. The summed E-state index contributed by atoms with van der Waals surface area (Å²) in [6.07, 6.45) is 0. The van der Waals surface area contributed by atoms with Crippen molar-refractivity contribution in [2.45, 2.75) is 0 Å². The fourth-order valence-corrected chi connectivity index (χ4v) is 2.68. The largest absolute Gasteiger partial charge is 0.361 e. The standard InChI is InChI=1S/C16H12N4O5/c1-17-14(11-5-3-2-4-6-11)15(20(24)25)16(21)18(17)12-7-9-13(10-8-12)19(22)23/h2-10H,1H3. The lowest BCUT2D eigenvalue weighted by Gasteiger charge is -2.09. The van der Waals surface area contributed by atoms with Crippen LogP contribution in [-0.2, 0) is 7.05 Å². The van der Waals surface area contributed by atoms with Crippen molar-refractivity contribution in [2.75, 3.05) is 0 Å². The second kappa shape index (κ2) is 6.04. The molecule has 0 atom stereocenters. The molecule has 3 rings (SSSR count). The van der Waals surface area contributed by atoms with Crippen LogP contribution in [-0.4, -0.2) is 19.2 Å². The normalized spacial score (nSPS) is 10.6. The van der Waals surface area contributed by atoms with E-state index in [0.29, 0.717) is 11.3 Å². The van der Waals surface area contributed by atoms with Crippen LogP contribution in [0, 0.1) is 20.2 Å². The molecule has 1 heterocycles. The minimum atomic E-state index is -0.805. The van der Waals surface area contributed by atoms with Crippen molar-refractivity contribution in [2.24, 2.45) is 7.05 Å². The Hall–Kier alpha value is -3.75. The highest BCUT2D eigenvalue weighted by Gasteiger charge is 2.29. The van der Waals surface area contributed by atoms with Crippen LogP contribution in [0.3, 0.4) is 0 Å². The summed E-state index contributed by atoms with van der Waals surface area (Å²) in [5, 5.41) is 22.2. The molecular formula is C16H12N4O5. The molecule has 0 radical (unpaired) electrons. The molecule has 0 aliphatic rings. The van der Waals surface area contributed by atoms with Gasteiger partial charge in [0.25, 0.3) is 5.69 Å². The number of hydrogen-bond donors (Lipinski definition) is 0. The first-order valence-corrected chi connectivity index (χ1v) is 7.18. The molecule has 2 aromatic carbocycles. The Morgan fingerprint density at radius 2 is 1.48 bits per heavy atom. The molecule has 25 heavy (non-hydrogen) atoms. The maximum Gasteiger partial charge on any atom is 0.361 e. The van der Waals surface area contributed by atoms with E-state index in [0.717, 1.165) is 4.68 Å². The molecule has 0 saturated carbocycles. The molecular weight excluding hydrogens is 328 g/mol. The van der Waals surface area contributed by atoms with E-state index in [9.17, 15) is 25.0 Å². The van der Waals surface area contributed by atoms with E-state index in [4.69, 9.17) is 0 Å². The van der Waals surface area contributed by atoms with Gasteiger partial charge in [0.15, 0.2) is 0 Å². The molecule has 0 aliphatic heterocycles. The van der Waals surface area contributed by atoms with Gasteiger partial charge >= 0.3 is 11.2 Å². The first-order valence-electron chi connectivity index (χ1n) is 7.18. The van der Waals surface area contributed by atoms with Gasteiger partial charge in [-0.25, -0.2) is 4.68 Å². The molecule has 0 spiro atoms. The van der Waals surface area contributed by atoms with Crippen molar-refractivity contribution in [3.63, 3.8) is 0 Å². The van der Waals surface area contributed by atoms with Gasteiger partial charge in [0.2, 0.25) is 0 Å². The van der Waals surface area contributed by atoms with Crippen molar-refractivity contribution in [3.05, 3.63) is 85.2 Å². The van der Waals surface area contributed by atoms with Crippen molar-refractivity contribution in [3.8, 4) is 16.9 Å². The van der Waals surface area contributed by atoms with Crippen LogP contribution >= 0.6 is 0 Å². The van der Waals surface area contributed by atoms with E-state index in [1.165, 1.54) is 36.0 Å². The zero-order valence-corrected chi connectivity index (χ0v) is 13.0. The molecule has 0 bridgehead atoms. The molecule has 0 N–H and O–H groups in total. The molecule has 0 aliphatic carbocycles. The van der Waals surface area contributed by atoms with Gasteiger partial charge in [0, 0.05) is 24.7 Å². The lowest BCUT2D eigenvalue weighted by atomic mass is 10.1. The lowest BCUT2D eigenvalue weighted by molar-refractivity contribution is -0.385. The number of nitro groups is 2. The maximum absolute atomic E-state index is 12.6. The number of nitrogens with zero attached hydrogens (tertiary/aromatic N) is 4. The summed E-state index contributed by atoms with van der Waals surface area (Å²) in [6.45, 7) is 0. The second-order valence-corrected chi connectivity index (χ2v) is 5.23. The number of non-ortho nitro benzene ring substituents is 1. The van der Waals surface area contributed by atoms with Crippen LogP contribution in [0.25, 0.3) is 16.9 Å². The van der Waals surface area contributed by atoms with E-state index >= 15 is 0 Å². The summed E-state index contributed by atoms with van der Waals surface area (Å²) in [5.74, 6) is 0. The Balaban J connectivity index is 2.27. The van der Waals surface area contributed by atoms with Gasteiger partial charge < -0.3 is 0 Å². The maximum atomic E-state index is 12.6. The Bertz CT molecular complexity index is 1020. The SMILES string of the molecule is Cn1c(-c2ccccc2)c([N+](=O)[O-])c(=O)n1-c1ccc([N+](=O)[O-])cc1. The highest BCUT2D eigenvalue weighted by Crippen LogP contribution is 2.28. The van der Waals surface area contributed by atoms with Crippen LogP contribution in [0.1, 0.15) is 0 Å². The Morgan fingerprint density at radius 1 is 0.880 bits per heavy atom. The highest BCUT2D eigenvalue weighted by molar-refractivity contribution is 5.70. The van der Waals surface area contributed by atoms with E-state index in [1.807, 2.05) is 0 Å². The average molecular weight is 340 g/mol. The molecule has 0 saturated heterocycles. The van der Waals surface area contributed by atoms with Gasteiger partial charge in [0.05, 0.1) is 15.5 Å². The van der Waals surface area contributed by atoms with Gasteiger partial charge in [-0.1, -0.05) is 30.3 Å². The zero-order chi connectivity index (χ0) is 18.1. The molecule has 3 aromatic rings. The number of aromatic nitrogens is 2. The highest BCUT2D eigenvalue weighted by atomic mass is 16.6. The van der Waals surface area contributed by atoms with E-state index < -0.39 is 21.1 Å². The summed E-state index contributed by atoms with van der Waals surface area (Å²) < 4.78 is 2.49.